The first-order chi connectivity index (χ1) is 7.90. The van der Waals surface area contributed by atoms with Gasteiger partial charge in [-0.2, -0.15) is 0 Å². The van der Waals surface area contributed by atoms with Crippen molar-refractivity contribution in [3.8, 4) is 5.75 Å². The lowest BCUT2D eigenvalue weighted by Gasteiger charge is -2.12. The molecule has 94 valence electrons. The molecule has 0 bridgehead atoms. The first-order valence-electron chi connectivity index (χ1n) is 5.88. The maximum atomic E-state index is 11.6. The summed E-state index contributed by atoms with van der Waals surface area (Å²) in [6, 6.07) is 5.49. The van der Waals surface area contributed by atoms with E-state index in [1.54, 1.807) is 6.07 Å². The first kappa shape index (κ1) is 14.0. The zero-order valence-corrected chi connectivity index (χ0v) is 11.5. The fraction of sp³-hybridized carbons (Fsp3) is 0.500. The van der Waals surface area contributed by atoms with Gasteiger partial charge in [0.15, 0.2) is 0 Å². The summed E-state index contributed by atoms with van der Waals surface area (Å²) in [5.74, 6) is 0.979. The van der Waals surface area contributed by atoms with Crippen molar-refractivity contribution in [3.05, 3.63) is 28.8 Å². The third kappa shape index (κ3) is 4.39. The number of ketones is 1. The molecule has 2 nitrogen and oxygen atoms in total. The van der Waals surface area contributed by atoms with E-state index in [2.05, 4.69) is 0 Å². The molecular weight excluding hydrogens is 236 g/mol. The van der Waals surface area contributed by atoms with Gasteiger partial charge in [0.25, 0.3) is 0 Å². The molecule has 0 amide bonds. The Morgan fingerprint density at radius 1 is 1.29 bits per heavy atom. The van der Waals surface area contributed by atoms with E-state index in [1.807, 2.05) is 39.8 Å². The first-order valence-corrected chi connectivity index (χ1v) is 6.25. The molecule has 0 aliphatic heterocycles. The molecule has 0 heterocycles. The van der Waals surface area contributed by atoms with Crippen LogP contribution in [0, 0.1) is 5.92 Å². The van der Waals surface area contributed by atoms with Crippen LogP contribution >= 0.6 is 11.6 Å². The number of carbonyl (C=O) groups is 1. The quantitative estimate of drug-likeness (QED) is 0.797. The van der Waals surface area contributed by atoms with E-state index in [4.69, 9.17) is 16.3 Å². The zero-order chi connectivity index (χ0) is 13.0. The average molecular weight is 255 g/mol. The molecule has 0 atom stereocenters. The van der Waals surface area contributed by atoms with Gasteiger partial charge in [-0.1, -0.05) is 31.5 Å². The zero-order valence-electron chi connectivity index (χ0n) is 10.8. The molecule has 1 aromatic carbocycles. The van der Waals surface area contributed by atoms with Gasteiger partial charge in [0.2, 0.25) is 0 Å². The van der Waals surface area contributed by atoms with Crippen LogP contribution in [-0.2, 0) is 11.2 Å². The number of halogens is 1. The number of rotatable bonds is 5. The largest absolute Gasteiger partial charge is 0.491 e. The van der Waals surface area contributed by atoms with Crippen molar-refractivity contribution in [1.29, 1.82) is 0 Å². The third-order valence-corrected chi connectivity index (χ3v) is 2.76. The van der Waals surface area contributed by atoms with Crippen molar-refractivity contribution in [2.75, 3.05) is 0 Å². The van der Waals surface area contributed by atoms with E-state index in [-0.39, 0.29) is 17.8 Å². The minimum atomic E-state index is 0.0395. The summed E-state index contributed by atoms with van der Waals surface area (Å²) in [6.45, 7) is 7.72. The molecular formula is C14H19ClO2. The van der Waals surface area contributed by atoms with Crippen LogP contribution in [0.25, 0.3) is 0 Å². The lowest BCUT2D eigenvalue weighted by atomic mass is 10.0. The maximum absolute atomic E-state index is 11.6. The van der Waals surface area contributed by atoms with E-state index in [0.717, 1.165) is 11.3 Å². The van der Waals surface area contributed by atoms with Crippen molar-refractivity contribution in [2.45, 2.75) is 40.2 Å². The van der Waals surface area contributed by atoms with Gasteiger partial charge < -0.3 is 4.74 Å². The summed E-state index contributed by atoms with van der Waals surface area (Å²) >= 11 is 6.13. The van der Waals surface area contributed by atoms with Gasteiger partial charge in [0, 0.05) is 17.4 Å². The highest BCUT2D eigenvalue weighted by molar-refractivity contribution is 6.31. The van der Waals surface area contributed by atoms with Crippen molar-refractivity contribution < 1.29 is 9.53 Å². The van der Waals surface area contributed by atoms with E-state index in [0.29, 0.717) is 11.4 Å². The second-order valence-electron chi connectivity index (χ2n) is 4.72. The van der Waals surface area contributed by atoms with Gasteiger partial charge in [-0.05, 0) is 31.5 Å². The monoisotopic (exact) mass is 254 g/mol. The van der Waals surface area contributed by atoms with Gasteiger partial charge in [-0.15, -0.1) is 0 Å². The molecule has 0 aliphatic rings. The Morgan fingerprint density at radius 3 is 2.41 bits per heavy atom. The Balaban J connectivity index is 2.79. The Hall–Kier alpha value is -1.02. The van der Waals surface area contributed by atoms with Crippen LogP contribution in [0.4, 0.5) is 0 Å². The molecule has 0 aliphatic carbocycles. The molecule has 1 aromatic rings. The number of hydrogen-bond donors (Lipinski definition) is 0. The lowest BCUT2D eigenvalue weighted by molar-refractivity contribution is -0.121. The molecule has 0 aromatic heterocycles. The number of Topliss-reactive ketones (excluding diaryl/α,β-unsaturated/α-hetero) is 1. The van der Waals surface area contributed by atoms with Gasteiger partial charge in [-0.25, -0.2) is 0 Å². The van der Waals surface area contributed by atoms with Gasteiger partial charge >= 0.3 is 0 Å². The lowest BCUT2D eigenvalue weighted by Crippen LogP contribution is -2.11. The molecule has 0 saturated carbocycles. The number of benzene rings is 1. The predicted molar refractivity (Wildman–Crippen MR) is 70.8 cm³/mol. The molecule has 1 rings (SSSR count). The SMILES string of the molecule is CC(C)Oc1ccc(CC(=O)C(C)C)c(Cl)c1. The highest BCUT2D eigenvalue weighted by atomic mass is 35.5. The molecule has 0 radical (unpaired) electrons. The molecule has 3 heteroatoms. The van der Waals surface area contributed by atoms with Crippen LogP contribution in [0.1, 0.15) is 33.3 Å². The van der Waals surface area contributed by atoms with Crippen molar-refractivity contribution in [2.24, 2.45) is 5.92 Å². The standard InChI is InChI=1S/C14H19ClO2/c1-9(2)14(16)7-11-5-6-12(8-13(11)15)17-10(3)4/h5-6,8-10H,7H2,1-4H3. The maximum Gasteiger partial charge on any atom is 0.139 e. The smallest absolute Gasteiger partial charge is 0.139 e. The summed E-state index contributed by atoms with van der Waals surface area (Å²) < 4.78 is 5.53. The van der Waals surface area contributed by atoms with E-state index in [9.17, 15) is 4.79 Å². The summed E-state index contributed by atoms with van der Waals surface area (Å²) in [5.41, 5.74) is 0.862. The highest BCUT2D eigenvalue weighted by Gasteiger charge is 2.11. The van der Waals surface area contributed by atoms with Crippen LogP contribution < -0.4 is 4.74 Å². The van der Waals surface area contributed by atoms with E-state index in [1.165, 1.54) is 0 Å². The van der Waals surface area contributed by atoms with Gasteiger partial charge in [-0.3, -0.25) is 4.79 Å². The minimum Gasteiger partial charge on any atom is -0.491 e. The molecule has 17 heavy (non-hydrogen) atoms. The number of carbonyl (C=O) groups excluding carboxylic acids is 1. The van der Waals surface area contributed by atoms with Crippen LogP contribution in [0.15, 0.2) is 18.2 Å². The van der Waals surface area contributed by atoms with Crippen molar-refractivity contribution >= 4 is 17.4 Å². The normalized spacial score (nSPS) is 11.0. The van der Waals surface area contributed by atoms with Crippen molar-refractivity contribution in [1.82, 2.24) is 0 Å². The Labute approximate surface area is 108 Å². The second kappa shape index (κ2) is 6.06. The van der Waals surface area contributed by atoms with Gasteiger partial charge in [0.1, 0.15) is 11.5 Å². The average Bonchev–Trinajstić information content (AvgIpc) is 2.20. The van der Waals surface area contributed by atoms with E-state index < -0.39 is 0 Å². The Kier molecular flexibility index (Phi) is 5.01. The predicted octanol–water partition coefficient (Wildman–Crippen LogP) is 3.89. The molecule has 0 saturated heterocycles. The van der Waals surface area contributed by atoms with E-state index >= 15 is 0 Å². The summed E-state index contributed by atoms with van der Waals surface area (Å²) in [7, 11) is 0. The fourth-order valence-corrected chi connectivity index (χ4v) is 1.65. The summed E-state index contributed by atoms with van der Waals surface area (Å²) in [4.78, 5) is 11.6. The topological polar surface area (TPSA) is 26.3 Å². The number of hydrogen-bond acceptors (Lipinski definition) is 2. The highest BCUT2D eigenvalue weighted by Crippen LogP contribution is 2.24. The molecule has 0 unspecified atom stereocenters. The Morgan fingerprint density at radius 2 is 1.94 bits per heavy atom. The van der Waals surface area contributed by atoms with Crippen molar-refractivity contribution in [3.63, 3.8) is 0 Å². The number of ether oxygens (including phenoxy) is 1. The van der Waals surface area contributed by atoms with Crippen LogP contribution in [0.3, 0.4) is 0 Å². The Bertz CT molecular complexity index is 397. The molecule has 0 N–H and O–H groups in total. The van der Waals surface area contributed by atoms with Gasteiger partial charge in [0.05, 0.1) is 6.10 Å². The van der Waals surface area contributed by atoms with Crippen LogP contribution in [0.2, 0.25) is 5.02 Å². The molecule has 0 spiro atoms. The summed E-state index contributed by atoms with van der Waals surface area (Å²) in [6.07, 6.45) is 0.507. The second-order valence-corrected chi connectivity index (χ2v) is 5.12. The fourth-order valence-electron chi connectivity index (χ4n) is 1.41. The summed E-state index contributed by atoms with van der Waals surface area (Å²) in [5, 5.41) is 0.595. The van der Waals surface area contributed by atoms with Crippen LogP contribution in [0.5, 0.6) is 5.75 Å². The minimum absolute atomic E-state index is 0.0395. The third-order valence-electron chi connectivity index (χ3n) is 2.40. The molecule has 0 fully saturated rings. The van der Waals surface area contributed by atoms with Crippen LogP contribution in [-0.4, -0.2) is 11.9 Å².